The SMILES string of the molecule is CN(CCCCCO)c1cc(Br)ccc1CNC(C)(C)C. The molecule has 0 spiro atoms. The fraction of sp³-hybridized carbons (Fsp3) is 0.647. The predicted octanol–water partition coefficient (Wildman–Crippen LogP) is 3.94. The van der Waals surface area contributed by atoms with Gasteiger partial charge < -0.3 is 15.3 Å². The highest BCUT2D eigenvalue weighted by Gasteiger charge is 2.12. The van der Waals surface area contributed by atoms with Gasteiger partial charge in [0.15, 0.2) is 0 Å². The minimum absolute atomic E-state index is 0.115. The Labute approximate surface area is 137 Å². The van der Waals surface area contributed by atoms with Gasteiger partial charge in [-0.3, -0.25) is 0 Å². The third-order valence-corrected chi connectivity index (χ3v) is 3.91. The van der Waals surface area contributed by atoms with Gasteiger partial charge in [0.05, 0.1) is 0 Å². The van der Waals surface area contributed by atoms with Crippen LogP contribution in [-0.4, -0.2) is 30.8 Å². The number of unbranched alkanes of at least 4 members (excludes halogenated alkanes) is 2. The molecule has 0 amide bonds. The molecule has 0 unspecified atom stereocenters. The molecular weight excluding hydrogens is 328 g/mol. The topological polar surface area (TPSA) is 35.5 Å². The lowest BCUT2D eigenvalue weighted by atomic mass is 10.1. The number of aliphatic hydroxyl groups is 1. The molecule has 0 aliphatic rings. The third kappa shape index (κ3) is 7.30. The average molecular weight is 357 g/mol. The molecule has 0 radical (unpaired) electrons. The summed E-state index contributed by atoms with van der Waals surface area (Å²) in [6.07, 6.45) is 3.07. The van der Waals surface area contributed by atoms with Crippen molar-refractivity contribution in [2.75, 3.05) is 25.1 Å². The lowest BCUT2D eigenvalue weighted by molar-refractivity contribution is 0.283. The van der Waals surface area contributed by atoms with Crippen molar-refractivity contribution in [3.05, 3.63) is 28.2 Å². The normalized spacial score (nSPS) is 11.7. The van der Waals surface area contributed by atoms with E-state index in [1.807, 2.05) is 0 Å². The van der Waals surface area contributed by atoms with Crippen molar-refractivity contribution in [1.82, 2.24) is 5.32 Å². The Morgan fingerprint density at radius 1 is 1.19 bits per heavy atom. The Morgan fingerprint density at radius 2 is 1.90 bits per heavy atom. The molecule has 3 nitrogen and oxygen atoms in total. The van der Waals surface area contributed by atoms with Gasteiger partial charge in [0.1, 0.15) is 0 Å². The van der Waals surface area contributed by atoms with E-state index in [1.54, 1.807) is 0 Å². The summed E-state index contributed by atoms with van der Waals surface area (Å²) < 4.78 is 1.11. The molecule has 21 heavy (non-hydrogen) atoms. The summed E-state index contributed by atoms with van der Waals surface area (Å²) in [5.41, 5.74) is 2.70. The van der Waals surface area contributed by atoms with Gasteiger partial charge >= 0.3 is 0 Å². The predicted molar refractivity (Wildman–Crippen MR) is 94.9 cm³/mol. The zero-order chi connectivity index (χ0) is 15.9. The van der Waals surface area contributed by atoms with E-state index in [9.17, 15) is 0 Å². The van der Waals surface area contributed by atoms with Crippen molar-refractivity contribution in [1.29, 1.82) is 0 Å². The maximum absolute atomic E-state index is 8.85. The van der Waals surface area contributed by atoms with Crippen LogP contribution < -0.4 is 10.2 Å². The number of rotatable bonds is 8. The van der Waals surface area contributed by atoms with E-state index in [2.05, 4.69) is 72.2 Å². The monoisotopic (exact) mass is 356 g/mol. The zero-order valence-corrected chi connectivity index (χ0v) is 15.3. The van der Waals surface area contributed by atoms with Gasteiger partial charge in [-0.05, 0) is 57.7 Å². The summed E-state index contributed by atoms with van der Waals surface area (Å²) in [5.74, 6) is 0. The number of halogens is 1. The van der Waals surface area contributed by atoms with Crippen molar-refractivity contribution in [2.24, 2.45) is 0 Å². The Hall–Kier alpha value is -0.580. The van der Waals surface area contributed by atoms with Crippen LogP contribution >= 0.6 is 15.9 Å². The molecular formula is C17H29BrN2O. The molecule has 0 fully saturated rings. The lowest BCUT2D eigenvalue weighted by Gasteiger charge is -2.26. The molecule has 0 saturated carbocycles. The summed E-state index contributed by atoms with van der Waals surface area (Å²) in [4.78, 5) is 2.31. The van der Waals surface area contributed by atoms with Crippen molar-refractivity contribution in [2.45, 2.75) is 52.1 Å². The highest BCUT2D eigenvalue weighted by atomic mass is 79.9. The van der Waals surface area contributed by atoms with Crippen molar-refractivity contribution < 1.29 is 5.11 Å². The second-order valence-electron chi connectivity index (χ2n) is 6.58. The molecule has 1 aromatic carbocycles. The van der Waals surface area contributed by atoms with Gasteiger partial charge in [-0.1, -0.05) is 22.0 Å². The second-order valence-corrected chi connectivity index (χ2v) is 7.50. The Morgan fingerprint density at radius 3 is 2.52 bits per heavy atom. The first-order valence-corrected chi connectivity index (χ1v) is 8.48. The number of nitrogens with zero attached hydrogens (tertiary/aromatic N) is 1. The molecule has 1 aromatic rings. The first kappa shape index (κ1) is 18.5. The minimum Gasteiger partial charge on any atom is -0.396 e. The van der Waals surface area contributed by atoms with Crippen molar-refractivity contribution in [3.63, 3.8) is 0 Å². The maximum Gasteiger partial charge on any atom is 0.0431 e. The largest absolute Gasteiger partial charge is 0.396 e. The summed E-state index contributed by atoms with van der Waals surface area (Å²) >= 11 is 3.57. The van der Waals surface area contributed by atoms with E-state index in [1.165, 1.54) is 11.3 Å². The first-order valence-electron chi connectivity index (χ1n) is 7.69. The smallest absolute Gasteiger partial charge is 0.0431 e. The number of aliphatic hydroxyl groups excluding tert-OH is 1. The molecule has 0 aromatic heterocycles. The van der Waals surface area contributed by atoms with Gasteiger partial charge in [-0.15, -0.1) is 0 Å². The molecule has 0 bridgehead atoms. The fourth-order valence-corrected chi connectivity index (χ4v) is 2.51. The highest BCUT2D eigenvalue weighted by molar-refractivity contribution is 9.10. The molecule has 120 valence electrons. The number of benzene rings is 1. The van der Waals surface area contributed by atoms with Gasteiger partial charge in [0.25, 0.3) is 0 Å². The molecule has 0 aliphatic carbocycles. The second kappa shape index (κ2) is 8.76. The Kier molecular flexibility index (Phi) is 7.71. The molecule has 0 heterocycles. The van der Waals surface area contributed by atoms with Crippen LogP contribution in [0.25, 0.3) is 0 Å². The molecule has 1 rings (SSSR count). The van der Waals surface area contributed by atoms with Gasteiger partial charge in [-0.25, -0.2) is 0 Å². The number of hydrogen-bond acceptors (Lipinski definition) is 3. The zero-order valence-electron chi connectivity index (χ0n) is 13.7. The van der Waals surface area contributed by atoms with Crippen LogP contribution in [0.2, 0.25) is 0 Å². The van der Waals surface area contributed by atoms with Crippen molar-refractivity contribution >= 4 is 21.6 Å². The summed E-state index contributed by atoms with van der Waals surface area (Å²) in [5, 5.41) is 12.4. The van der Waals surface area contributed by atoms with Crippen LogP contribution in [0.1, 0.15) is 45.6 Å². The quantitative estimate of drug-likeness (QED) is 0.692. The molecule has 0 saturated heterocycles. The van der Waals surface area contributed by atoms with Crippen LogP contribution in [0.3, 0.4) is 0 Å². The van der Waals surface area contributed by atoms with E-state index in [0.717, 1.165) is 36.8 Å². The summed E-state index contributed by atoms with van der Waals surface area (Å²) in [6, 6.07) is 6.47. The summed E-state index contributed by atoms with van der Waals surface area (Å²) in [7, 11) is 2.14. The van der Waals surface area contributed by atoms with Crippen LogP contribution in [-0.2, 0) is 6.54 Å². The minimum atomic E-state index is 0.115. The van der Waals surface area contributed by atoms with Crippen LogP contribution in [0.4, 0.5) is 5.69 Å². The maximum atomic E-state index is 8.85. The van der Waals surface area contributed by atoms with E-state index < -0.39 is 0 Å². The fourth-order valence-electron chi connectivity index (χ4n) is 2.16. The number of nitrogens with one attached hydrogen (secondary N) is 1. The van der Waals surface area contributed by atoms with Gasteiger partial charge in [-0.2, -0.15) is 0 Å². The van der Waals surface area contributed by atoms with E-state index in [4.69, 9.17) is 5.11 Å². The molecule has 4 heteroatoms. The van der Waals surface area contributed by atoms with Crippen LogP contribution in [0.5, 0.6) is 0 Å². The Balaban J connectivity index is 2.71. The molecule has 0 atom stereocenters. The highest BCUT2D eigenvalue weighted by Crippen LogP contribution is 2.25. The van der Waals surface area contributed by atoms with Crippen molar-refractivity contribution in [3.8, 4) is 0 Å². The third-order valence-electron chi connectivity index (χ3n) is 3.42. The van der Waals surface area contributed by atoms with E-state index >= 15 is 0 Å². The van der Waals surface area contributed by atoms with Crippen LogP contribution in [0.15, 0.2) is 22.7 Å². The number of anilines is 1. The van der Waals surface area contributed by atoms with Crippen LogP contribution in [0, 0.1) is 0 Å². The van der Waals surface area contributed by atoms with E-state index in [-0.39, 0.29) is 5.54 Å². The first-order chi connectivity index (χ1) is 9.83. The van der Waals surface area contributed by atoms with Gasteiger partial charge in [0.2, 0.25) is 0 Å². The number of hydrogen-bond donors (Lipinski definition) is 2. The Bertz CT molecular complexity index is 429. The lowest BCUT2D eigenvalue weighted by Crippen LogP contribution is -2.35. The summed E-state index contributed by atoms with van der Waals surface area (Å²) in [6.45, 7) is 8.73. The molecule has 0 aliphatic heterocycles. The van der Waals surface area contributed by atoms with E-state index in [0.29, 0.717) is 6.61 Å². The average Bonchev–Trinajstić information content (AvgIpc) is 2.41. The standard InChI is InChI=1S/C17H29BrN2O/c1-17(2,3)19-13-14-8-9-15(18)12-16(14)20(4)10-6-5-7-11-21/h8-9,12,19,21H,5-7,10-11,13H2,1-4H3. The van der Waals surface area contributed by atoms with Gasteiger partial charge in [0, 0.05) is 42.4 Å². The molecule has 2 N–H and O–H groups in total.